The molecular formula is C29H33NO6. The molecule has 0 bridgehead atoms. The number of benzene rings is 2. The first-order valence-corrected chi connectivity index (χ1v) is 12.4. The van der Waals surface area contributed by atoms with Crippen LogP contribution < -0.4 is 14.8 Å². The van der Waals surface area contributed by atoms with Crippen LogP contribution in [-0.2, 0) is 25.7 Å². The van der Waals surface area contributed by atoms with Gasteiger partial charge in [-0.15, -0.1) is 0 Å². The van der Waals surface area contributed by atoms with Gasteiger partial charge in [0.1, 0.15) is 13.2 Å². The minimum atomic E-state index is -0.557. The van der Waals surface area contributed by atoms with Gasteiger partial charge in [-0.05, 0) is 49.9 Å². The van der Waals surface area contributed by atoms with Crippen molar-refractivity contribution in [2.45, 2.75) is 45.6 Å². The maximum absolute atomic E-state index is 13.3. The number of Topliss-reactive ketones (excluding diaryl/α,β-unsaturated/α-hetero) is 1. The summed E-state index contributed by atoms with van der Waals surface area (Å²) in [7, 11) is 1.59. The Bertz CT molecular complexity index is 1170. The molecule has 7 heteroatoms. The molecule has 0 amide bonds. The first-order chi connectivity index (χ1) is 17.5. The summed E-state index contributed by atoms with van der Waals surface area (Å²) in [6.45, 7) is 5.11. The van der Waals surface area contributed by atoms with Gasteiger partial charge in [0.25, 0.3) is 0 Å². The van der Waals surface area contributed by atoms with E-state index in [4.69, 9.17) is 18.9 Å². The van der Waals surface area contributed by atoms with Crippen LogP contribution in [-0.4, -0.2) is 38.7 Å². The van der Waals surface area contributed by atoms with Crippen LogP contribution in [0.25, 0.3) is 0 Å². The zero-order valence-corrected chi connectivity index (χ0v) is 21.1. The van der Waals surface area contributed by atoms with Crippen LogP contribution in [0.15, 0.2) is 71.1 Å². The molecular weight excluding hydrogens is 458 g/mol. The highest BCUT2D eigenvalue weighted by molar-refractivity contribution is 6.03. The molecule has 1 aliphatic heterocycles. The van der Waals surface area contributed by atoms with E-state index in [9.17, 15) is 9.59 Å². The summed E-state index contributed by atoms with van der Waals surface area (Å²) < 4.78 is 22.5. The second kappa shape index (κ2) is 11.9. The van der Waals surface area contributed by atoms with E-state index >= 15 is 0 Å². The van der Waals surface area contributed by atoms with Crippen molar-refractivity contribution in [3.05, 3.63) is 82.2 Å². The van der Waals surface area contributed by atoms with Gasteiger partial charge >= 0.3 is 5.97 Å². The molecule has 1 N–H and O–H groups in total. The van der Waals surface area contributed by atoms with Gasteiger partial charge in [-0.3, -0.25) is 4.79 Å². The summed E-state index contributed by atoms with van der Waals surface area (Å²) in [6.07, 6.45) is 2.00. The Labute approximate surface area is 212 Å². The van der Waals surface area contributed by atoms with E-state index in [2.05, 4.69) is 5.32 Å². The number of methoxy groups -OCH3 is 1. The van der Waals surface area contributed by atoms with Crippen LogP contribution in [0, 0.1) is 0 Å². The summed E-state index contributed by atoms with van der Waals surface area (Å²) in [6, 6.07) is 15.4. The lowest BCUT2D eigenvalue weighted by atomic mass is 9.75. The highest BCUT2D eigenvalue weighted by atomic mass is 16.6. The molecule has 190 valence electrons. The topological polar surface area (TPSA) is 83.1 Å². The standard InChI is InChI=1S/C29H33NO6/c1-4-34-15-16-35-29(32)26-19(2)30-22-11-8-12-23(31)28(22)27(26)21-13-14-24(33-3)25(17-21)36-18-20-9-6-5-7-10-20/h5-7,9-10,13-14,17,27,30H,4,8,11-12,15-16,18H2,1-3H3/t27-/m0/s1. The molecule has 1 heterocycles. The Kier molecular flexibility index (Phi) is 8.44. The number of dihydropyridines is 1. The van der Waals surface area contributed by atoms with Crippen molar-refractivity contribution >= 4 is 11.8 Å². The molecule has 0 unspecified atom stereocenters. The molecule has 2 aliphatic rings. The third-order valence-electron chi connectivity index (χ3n) is 6.42. The number of ether oxygens (including phenoxy) is 4. The van der Waals surface area contributed by atoms with Crippen LogP contribution in [0.4, 0.5) is 0 Å². The average molecular weight is 492 g/mol. The lowest BCUT2D eigenvalue weighted by molar-refractivity contribution is -0.140. The highest BCUT2D eigenvalue weighted by Gasteiger charge is 2.39. The molecule has 1 aliphatic carbocycles. The maximum Gasteiger partial charge on any atom is 0.336 e. The Balaban J connectivity index is 1.70. The van der Waals surface area contributed by atoms with Gasteiger partial charge in [-0.1, -0.05) is 36.4 Å². The number of nitrogens with one attached hydrogen (secondary N) is 1. The van der Waals surface area contributed by atoms with Crippen molar-refractivity contribution in [3.8, 4) is 11.5 Å². The van der Waals surface area contributed by atoms with E-state index in [0.717, 1.165) is 29.7 Å². The Morgan fingerprint density at radius 2 is 1.86 bits per heavy atom. The minimum Gasteiger partial charge on any atom is -0.493 e. The molecule has 0 saturated carbocycles. The van der Waals surface area contributed by atoms with Crippen molar-refractivity contribution < 1.29 is 28.5 Å². The first-order valence-electron chi connectivity index (χ1n) is 12.4. The fourth-order valence-electron chi connectivity index (χ4n) is 4.72. The summed E-state index contributed by atoms with van der Waals surface area (Å²) >= 11 is 0. The predicted octanol–water partition coefficient (Wildman–Crippen LogP) is 4.82. The predicted molar refractivity (Wildman–Crippen MR) is 136 cm³/mol. The van der Waals surface area contributed by atoms with Gasteiger partial charge < -0.3 is 24.3 Å². The highest BCUT2D eigenvalue weighted by Crippen LogP contribution is 2.44. The van der Waals surface area contributed by atoms with Crippen LogP contribution in [0.1, 0.15) is 50.2 Å². The second-order valence-corrected chi connectivity index (χ2v) is 8.78. The first kappa shape index (κ1) is 25.5. The molecule has 2 aromatic rings. The number of carbonyl (C=O) groups is 2. The van der Waals surface area contributed by atoms with E-state index < -0.39 is 11.9 Å². The van der Waals surface area contributed by atoms with Gasteiger partial charge in [0.15, 0.2) is 17.3 Å². The molecule has 7 nitrogen and oxygen atoms in total. The van der Waals surface area contributed by atoms with Gasteiger partial charge in [-0.2, -0.15) is 0 Å². The molecule has 2 aromatic carbocycles. The maximum atomic E-state index is 13.3. The monoisotopic (exact) mass is 491 g/mol. The Morgan fingerprint density at radius 3 is 2.61 bits per heavy atom. The second-order valence-electron chi connectivity index (χ2n) is 8.78. The molecule has 0 spiro atoms. The Hall–Kier alpha value is -3.58. The lowest BCUT2D eigenvalue weighted by Crippen LogP contribution is -2.34. The minimum absolute atomic E-state index is 0.0449. The summed E-state index contributed by atoms with van der Waals surface area (Å²) in [4.78, 5) is 26.4. The van der Waals surface area contributed by atoms with Crippen LogP contribution in [0.3, 0.4) is 0 Å². The lowest BCUT2D eigenvalue weighted by Gasteiger charge is -2.34. The van der Waals surface area contributed by atoms with E-state index in [1.807, 2.05) is 62.4 Å². The van der Waals surface area contributed by atoms with Crippen molar-refractivity contribution in [3.63, 3.8) is 0 Å². The van der Waals surface area contributed by atoms with Gasteiger partial charge in [0, 0.05) is 35.9 Å². The number of hydrogen-bond donors (Lipinski definition) is 1. The molecule has 0 fully saturated rings. The number of allylic oxidation sites excluding steroid dienone is 3. The quantitative estimate of drug-likeness (QED) is 0.377. The van der Waals surface area contributed by atoms with E-state index in [0.29, 0.717) is 54.6 Å². The van der Waals surface area contributed by atoms with Crippen LogP contribution in [0.5, 0.6) is 11.5 Å². The third kappa shape index (κ3) is 5.62. The van der Waals surface area contributed by atoms with Crippen molar-refractivity contribution in [2.24, 2.45) is 0 Å². The van der Waals surface area contributed by atoms with Gasteiger partial charge in [0.05, 0.1) is 19.3 Å². The van der Waals surface area contributed by atoms with Gasteiger partial charge in [-0.25, -0.2) is 4.79 Å². The average Bonchev–Trinajstić information content (AvgIpc) is 2.89. The molecule has 4 rings (SSSR count). The van der Waals surface area contributed by atoms with Crippen molar-refractivity contribution in [1.29, 1.82) is 0 Å². The number of ketones is 1. The van der Waals surface area contributed by atoms with Crippen LogP contribution in [0.2, 0.25) is 0 Å². The van der Waals surface area contributed by atoms with Gasteiger partial charge in [0.2, 0.25) is 0 Å². The fraction of sp³-hybridized carbons (Fsp3) is 0.379. The largest absolute Gasteiger partial charge is 0.493 e. The zero-order chi connectivity index (χ0) is 25.5. The zero-order valence-electron chi connectivity index (χ0n) is 21.1. The van der Waals surface area contributed by atoms with Crippen molar-refractivity contribution in [2.75, 3.05) is 26.9 Å². The van der Waals surface area contributed by atoms with E-state index in [-0.39, 0.29) is 12.4 Å². The molecule has 1 atom stereocenters. The molecule has 0 radical (unpaired) electrons. The molecule has 0 saturated heterocycles. The van der Waals surface area contributed by atoms with Crippen LogP contribution >= 0.6 is 0 Å². The molecule has 0 aromatic heterocycles. The Morgan fingerprint density at radius 1 is 1.06 bits per heavy atom. The summed E-state index contributed by atoms with van der Waals surface area (Å²) in [5, 5.41) is 3.32. The number of hydrogen-bond acceptors (Lipinski definition) is 7. The smallest absolute Gasteiger partial charge is 0.336 e. The van der Waals surface area contributed by atoms with Crippen molar-refractivity contribution in [1.82, 2.24) is 5.32 Å². The van der Waals surface area contributed by atoms with E-state index in [1.165, 1.54) is 0 Å². The number of carbonyl (C=O) groups excluding carboxylic acids is 2. The summed E-state index contributed by atoms with van der Waals surface area (Å²) in [5.41, 5.74) is 4.43. The number of esters is 1. The third-order valence-corrected chi connectivity index (χ3v) is 6.42. The normalized spacial score (nSPS) is 17.4. The van der Waals surface area contributed by atoms with E-state index in [1.54, 1.807) is 7.11 Å². The fourth-order valence-corrected chi connectivity index (χ4v) is 4.72. The summed E-state index contributed by atoms with van der Waals surface area (Å²) in [5.74, 6) is 0.151. The SMILES string of the molecule is CCOCCOC(=O)C1=C(C)NC2=C(C(=O)CCC2)[C@H]1c1ccc(OC)c(OCc2ccccc2)c1. The number of rotatable bonds is 10. The molecule has 36 heavy (non-hydrogen) atoms.